The fourth-order valence-electron chi connectivity index (χ4n) is 1.20. The molecule has 1 N–H and O–H groups in total. The van der Waals surface area contributed by atoms with Gasteiger partial charge < -0.3 is 9.88 Å². The number of nitrogens with one attached hydrogen (secondary N) is 1. The summed E-state index contributed by atoms with van der Waals surface area (Å²) >= 11 is 0. The third-order valence-electron chi connectivity index (χ3n) is 2.26. The fraction of sp³-hybridized carbons (Fsp3) is 0.500. The van der Waals surface area contributed by atoms with E-state index in [0.29, 0.717) is 11.6 Å². The molecule has 82 valence electrons. The topological polar surface area (TPSA) is 61.4 Å². The maximum absolute atomic E-state index is 11.6. The van der Waals surface area contributed by atoms with Crippen LogP contribution in [-0.2, 0) is 0 Å². The minimum atomic E-state index is -0.250. The van der Waals surface area contributed by atoms with Crippen molar-refractivity contribution < 1.29 is 0 Å². The second kappa shape index (κ2) is 4.25. The number of aryl methyl sites for hydroxylation is 1. The molecule has 0 aromatic carbocycles. The second-order valence-electron chi connectivity index (χ2n) is 3.69. The van der Waals surface area contributed by atoms with Gasteiger partial charge in [0, 0.05) is 13.1 Å². The van der Waals surface area contributed by atoms with Crippen LogP contribution in [0.1, 0.15) is 19.7 Å². The number of aromatic amines is 1. The monoisotopic (exact) mass is 208 g/mol. The Morgan fingerprint density at radius 2 is 2.13 bits per heavy atom. The van der Waals surface area contributed by atoms with Crippen molar-refractivity contribution in [2.45, 2.75) is 26.8 Å². The summed E-state index contributed by atoms with van der Waals surface area (Å²) in [6.45, 7) is 9.17. The molecule has 1 aromatic heterocycles. The number of aromatic nitrogens is 2. The van der Waals surface area contributed by atoms with Gasteiger partial charge in [-0.05, 0) is 27.5 Å². The number of rotatable bonds is 3. The van der Waals surface area contributed by atoms with Crippen molar-refractivity contribution in [3.05, 3.63) is 16.2 Å². The Hall–Kier alpha value is -1.65. The van der Waals surface area contributed by atoms with E-state index in [1.54, 1.807) is 6.92 Å². The number of nitrogens with zero attached hydrogens (tertiary/aromatic N) is 3. The van der Waals surface area contributed by atoms with Crippen molar-refractivity contribution in [1.29, 1.82) is 0 Å². The smallest absolute Gasteiger partial charge is 0.278 e. The first-order valence-corrected chi connectivity index (χ1v) is 4.77. The highest BCUT2D eigenvalue weighted by Crippen LogP contribution is 2.21. The van der Waals surface area contributed by atoms with Crippen molar-refractivity contribution in [2.24, 2.45) is 4.99 Å². The number of hydrogen-bond acceptors (Lipinski definition) is 4. The number of hydrogen-bond donors (Lipinski definition) is 1. The van der Waals surface area contributed by atoms with Crippen LogP contribution in [0, 0.1) is 6.92 Å². The first-order chi connectivity index (χ1) is 6.97. The van der Waals surface area contributed by atoms with Crippen molar-refractivity contribution in [1.82, 2.24) is 9.97 Å². The van der Waals surface area contributed by atoms with Crippen LogP contribution in [0.2, 0.25) is 0 Å². The van der Waals surface area contributed by atoms with Gasteiger partial charge in [0.1, 0.15) is 5.82 Å². The van der Waals surface area contributed by atoms with Gasteiger partial charge >= 0.3 is 0 Å². The highest BCUT2D eigenvalue weighted by Gasteiger charge is 2.14. The molecule has 0 fully saturated rings. The Kier molecular flexibility index (Phi) is 3.24. The predicted molar refractivity (Wildman–Crippen MR) is 62.3 cm³/mol. The molecule has 0 atom stereocenters. The molecule has 0 spiro atoms. The summed E-state index contributed by atoms with van der Waals surface area (Å²) in [5.41, 5.74) is 0.0248. The lowest BCUT2D eigenvalue weighted by Gasteiger charge is -2.23. The van der Waals surface area contributed by atoms with Crippen LogP contribution >= 0.6 is 0 Å². The van der Waals surface area contributed by atoms with E-state index in [1.807, 2.05) is 25.8 Å². The standard InChI is InChI=1S/C10H16N4O/c1-6(2)14(5)9-8(11-4)10(15)13-7(3)12-9/h6H,4H2,1-3,5H3,(H,12,13,15). The Labute approximate surface area is 88.9 Å². The van der Waals surface area contributed by atoms with Crippen LogP contribution in [0.5, 0.6) is 0 Å². The maximum Gasteiger partial charge on any atom is 0.278 e. The van der Waals surface area contributed by atoms with Gasteiger partial charge in [0.2, 0.25) is 0 Å². The number of anilines is 1. The van der Waals surface area contributed by atoms with Gasteiger partial charge in [-0.25, -0.2) is 4.98 Å². The lowest BCUT2D eigenvalue weighted by atomic mass is 10.3. The van der Waals surface area contributed by atoms with Crippen LogP contribution in [0.3, 0.4) is 0 Å². The van der Waals surface area contributed by atoms with E-state index in [4.69, 9.17) is 0 Å². The zero-order chi connectivity index (χ0) is 11.6. The lowest BCUT2D eigenvalue weighted by molar-refractivity contribution is 0.738. The van der Waals surface area contributed by atoms with E-state index in [9.17, 15) is 4.79 Å². The maximum atomic E-state index is 11.6. The molecule has 5 heteroatoms. The molecule has 0 unspecified atom stereocenters. The van der Waals surface area contributed by atoms with Gasteiger partial charge in [-0.2, -0.15) is 0 Å². The van der Waals surface area contributed by atoms with Crippen molar-refractivity contribution in [3.63, 3.8) is 0 Å². The van der Waals surface area contributed by atoms with E-state index >= 15 is 0 Å². The number of aliphatic imine (C=N–C) groups is 1. The van der Waals surface area contributed by atoms with Crippen molar-refractivity contribution in [2.75, 3.05) is 11.9 Å². The molecular weight excluding hydrogens is 192 g/mol. The minimum absolute atomic E-state index is 0.249. The Morgan fingerprint density at radius 1 is 1.53 bits per heavy atom. The molecule has 1 rings (SSSR count). The Morgan fingerprint density at radius 3 is 2.60 bits per heavy atom. The molecule has 0 radical (unpaired) electrons. The molecule has 1 aromatic rings. The molecule has 0 aliphatic carbocycles. The summed E-state index contributed by atoms with van der Waals surface area (Å²) in [5.74, 6) is 1.15. The third-order valence-corrected chi connectivity index (χ3v) is 2.26. The van der Waals surface area contributed by atoms with Crippen LogP contribution in [-0.4, -0.2) is 29.8 Å². The third kappa shape index (κ3) is 2.23. The molecule has 0 saturated heterocycles. The molecule has 0 amide bonds. The van der Waals surface area contributed by atoms with Gasteiger partial charge in [0.25, 0.3) is 5.56 Å². The second-order valence-corrected chi connectivity index (χ2v) is 3.69. The SMILES string of the molecule is C=Nc1c(N(C)C(C)C)nc(C)[nH]c1=O. The molecule has 15 heavy (non-hydrogen) atoms. The van der Waals surface area contributed by atoms with E-state index in [-0.39, 0.29) is 17.3 Å². The lowest BCUT2D eigenvalue weighted by Crippen LogP contribution is -2.28. The fourth-order valence-corrected chi connectivity index (χ4v) is 1.20. The summed E-state index contributed by atoms with van der Waals surface area (Å²) in [7, 11) is 1.88. The average Bonchev–Trinajstić information content (AvgIpc) is 2.15. The summed E-state index contributed by atoms with van der Waals surface area (Å²) in [5, 5.41) is 0. The van der Waals surface area contributed by atoms with Gasteiger partial charge in [0.05, 0.1) is 0 Å². The normalized spacial score (nSPS) is 10.5. The van der Waals surface area contributed by atoms with E-state index in [1.165, 1.54) is 0 Å². The molecule has 1 heterocycles. The van der Waals surface area contributed by atoms with E-state index in [0.717, 1.165) is 0 Å². The predicted octanol–water partition coefficient (Wildman–Crippen LogP) is 1.26. The molecular formula is C10H16N4O. The van der Waals surface area contributed by atoms with E-state index < -0.39 is 0 Å². The van der Waals surface area contributed by atoms with E-state index in [2.05, 4.69) is 21.7 Å². The highest BCUT2D eigenvalue weighted by atomic mass is 16.1. The molecule has 0 aliphatic rings. The first kappa shape index (κ1) is 11.4. The largest absolute Gasteiger partial charge is 0.355 e. The highest BCUT2D eigenvalue weighted by molar-refractivity contribution is 5.63. The summed E-state index contributed by atoms with van der Waals surface area (Å²) in [4.78, 5) is 24.0. The summed E-state index contributed by atoms with van der Waals surface area (Å²) in [6.07, 6.45) is 0. The molecule has 0 aliphatic heterocycles. The van der Waals surface area contributed by atoms with Gasteiger partial charge in [-0.1, -0.05) is 0 Å². The molecule has 5 nitrogen and oxygen atoms in total. The van der Waals surface area contributed by atoms with Crippen LogP contribution in [0.4, 0.5) is 11.5 Å². The van der Waals surface area contributed by atoms with Crippen molar-refractivity contribution in [3.8, 4) is 0 Å². The van der Waals surface area contributed by atoms with Crippen LogP contribution in [0.25, 0.3) is 0 Å². The van der Waals surface area contributed by atoms with Gasteiger partial charge in [-0.3, -0.25) is 9.79 Å². The van der Waals surface area contributed by atoms with Gasteiger partial charge in [0.15, 0.2) is 11.5 Å². The Balaban J connectivity index is 3.39. The zero-order valence-corrected chi connectivity index (χ0v) is 9.53. The number of H-pyrrole nitrogens is 1. The van der Waals surface area contributed by atoms with Crippen LogP contribution in [0.15, 0.2) is 9.79 Å². The van der Waals surface area contributed by atoms with Crippen molar-refractivity contribution >= 4 is 18.2 Å². The summed E-state index contributed by atoms with van der Waals surface area (Å²) in [6, 6.07) is 0.249. The van der Waals surface area contributed by atoms with Gasteiger partial charge in [-0.15, -0.1) is 0 Å². The minimum Gasteiger partial charge on any atom is -0.355 e. The average molecular weight is 208 g/mol. The molecule has 0 bridgehead atoms. The Bertz CT molecular complexity index is 422. The van der Waals surface area contributed by atoms with Crippen LogP contribution < -0.4 is 10.5 Å². The summed E-state index contributed by atoms with van der Waals surface area (Å²) < 4.78 is 0. The quantitative estimate of drug-likeness (QED) is 0.760. The first-order valence-electron chi connectivity index (χ1n) is 4.77. The molecule has 0 saturated carbocycles. The zero-order valence-electron chi connectivity index (χ0n) is 9.53.